The number of primary amides is 1. The van der Waals surface area contributed by atoms with Crippen LogP contribution in [0.25, 0.3) is 22.0 Å². The average Bonchev–Trinajstić information content (AvgIpc) is 2.81. The Bertz CT molecular complexity index is 883. The predicted octanol–water partition coefficient (Wildman–Crippen LogP) is 2.82. The number of aromatic nitrogens is 1. The van der Waals surface area contributed by atoms with Gasteiger partial charge in [0.1, 0.15) is 5.69 Å². The number of hydrogen-bond donors (Lipinski definition) is 1. The van der Waals surface area contributed by atoms with Crippen LogP contribution in [0.1, 0.15) is 16.1 Å². The molecular formula is C17H13N3O. The third-order valence-corrected chi connectivity index (χ3v) is 3.64. The van der Waals surface area contributed by atoms with Crippen molar-refractivity contribution in [2.45, 2.75) is 0 Å². The molecule has 1 aromatic heterocycles. The highest BCUT2D eigenvalue weighted by Crippen LogP contribution is 2.34. The molecule has 4 heteroatoms. The van der Waals surface area contributed by atoms with E-state index < -0.39 is 5.91 Å². The summed E-state index contributed by atoms with van der Waals surface area (Å²) in [5, 5.41) is 9.86. The summed E-state index contributed by atoms with van der Waals surface area (Å²) in [6.45, 7) is 0. The van der Waals surface area contributed by atoms with E-state index in [1.54, 1.807) is 12.1 Å². The summed E-state index contributed by atoms with van der Waals surface area (Å²) in [5.41, 5.74) is 9.25. The summed E-state index contributed by atoms with van der Waals surface area (Å²) >= 11 is 0. The van der Waals surface area contributed by atoms with Gasteiger partial charge in [0.2, 0.25) is 0 Å². The third kappa shape index (κ3) is 1.96. The van der Waals surface area contributed by atoms with E-state index in [2.05, 4.69) is 6.07 Å². The second kappa shape index (κ2) is 4.80. The van der Waals surface area contributed by atoms with Crippen molar-refractivity contribution >= 4 is 16.8 Å². The topological polar surface area (TPSA) is 71.8 Å². The van der Waals surface area contributed by atoms with Crippen molar-refractivity contribution in [3.05, 3.63) is 59.8 Å². The molecule has 2 aromatic carbocycles. The van der Waals surface area contributed by atoms with E-state index in [-0.39, 0.29) is 0 Å². The fourth-order valence-corrected chi connectivity index (χ4v) is 2.69. The summed E-state index contributed by atoms with van der Waals surface area (Å²) in [4.78, 5) is 11.9. The van der Waals surface area contributed by atoms with Gasteiger partial charge in [-0.15, -0.1) is 0 Å². The maximum atomic E-state index is 11.9. The number of carbonyl (C=O) groups is 1. The van der Waals surface area contributed by atoms with Crippen LogP contribution in [0.4, 0.5) is 0 Å². The lowest BCUT2D eigenvalue weighted by atomic mass is 10.0. The van der Waals surface area contributed by atoms with E-state index in [1.165, 1.54) is 0 Å². The van der Waals surface area contributed by atoms with Crippen LogP contribution >= 0.6 is 0 Å². The number of nitriles is 1. The SMILES string of the molecule is Cn1c(C(N)=O)c(-c2ccc(C#N)cc2)c2ccccc21. The minimum atomic E-state index is -0.465. The lowest BCUT2D eigenvalue weighted by Gasteiger charge is -2.04. The van der Waals surface area contributed by atoms with Crippen LogP contribution in [-0.2, 0) is 7.05 Å². The molecular weight excluding hydrogens is 262 g/mol. The summed E-state index contributed by atoms with van der Waals surface area (Å²) < 4.78 is 1.81. The number of aryl methyl sites for hydroxylation is 1. The lowest BCUT2D eigenvalue weighted by Crippen LogP contribution is -2.16. The van der Waals surface area contributed by atoms with Gasteiger partial charge in [0.25, 0.3) is 5.91 Å². The number of amides is 1. The molecule has 3 rings (SSSR count). The molecule has 1 heterocycles. The molecule has 0 unspecified atom stereocenters. The van der Waals surface area contributed by atoms with Gasteiger partial charge in [-0.25, -0.2) is 0 Å². The predicted molar refractivity (Wildman–Crippen MR) is 81.6 cm³/mol. The highest BCUT2D eigenvalue weighted by molar-refractivity contribution is 6.09. The Morgan fingerprint density at radius 3 is 2.43 bits per heavy atom. The first-order valence-corrected chi connectivity index (χ1v) is 6.51. The molecule has 0 saturated carbocycles. The number of nitrogens with two attached hydrogens (primary N) is 1. The molecule has 0 radical (unpaired) electrons. The van der Waals surface area contributed by atoms with E-state index >= 15 is 0 Å². The van der Waals surface area contributed by atoms with Crippen LogP contribution in [0.5, 0.6) is 0 Å². The van der Waals surface area contributed by atoms with Crippen LogP contribution in [0.15, 0.2) is 48.5 Å². The van der Waals surface area contributed by atoms with E-state index in [4.69, 9.17) is 11.0 Å². The van der Waals surface area contributed by atoms with Crippen LogP contribution in [0.3, 0.4) is 0 Å². The van der Waals surface area contributed by atoms with Crippen LogP contribution < -0.4 is 5.73 Å². The molecule has 2 N–H and O–H groups in total. The van der Waals surface area contributed by atoms with Crippen molar-refractivity contribution in [3.63, 3.8) is 0 Å². The van der Waals surface area contributed by atoms with Gasteiger partial charge in [0, 0.05) is 23.5 Å². The molecule has 0 atom stereocenters. The molecule has 102 valence electrons. The Kier molecular flexibility index (Phi) is 2.96. The van der Waals surface area contributed by atoms with Gasteiger partial charge in [0.15, 0.2) is 0 Å². The molecule has 21 heavy (non-hydrogen) atoms. The van der Waals surface area contributed by atoms with E-state index in [0.717, 1.165) is 22.0 Å². The van der Waals surface area contributed by atoms with Gasteiger partial charge in [-0.3, -0.25) is 4.79 Å². The number of hydrogen-bond acceptors (Lipinski definition) is 2. The largest absolute Gasteiger partial charge is 0.364 e. The van der Waals surface area contributed by atoms with Gasteiger partial charge < -0.3 is 10.3 Å². The highest BCUT2D eigenvalue weighted by Gasteiger charge is 2.19. The Balaban J connectivity index is 2.37. The smallest absolute Gasteiger partial charge is 0.266 e. The molecule has 4 nitrogen and oxygen atoms in total. The normalized spacial score (nSPS) is 10.5. The molecule has 0 bridgehead atoms. The molecule has 0 aliphatic rings. The number of para-hydroxylation sites is 1. The molecule has 3 aromatic rings. The van der Waals surface area contributed by atoms with Crippen LogP contribution in [0.2, 0.25) is 0 Å². The average molecular weight is 275 g/mol. The quantitative estimate of drug-likeness (QED) is 0.781. The summed E-state index contributed by atoms with van der Waals surface area (Å²) in [7, 11) is 1.83. The molecule has 0 saturated heterocycles. The summed E-state index contributed by atoms with van der Waals surface area (Å²) in [6.07, 6.45) is 0. The van der Waals surface area contributed by atoms with Gasteiger partial charge in [-0.1, -0.05) is 30.3 Å². The summed E-state index contributed by atoms with van der Waals surface area (Å²) in [5.74, 6) is -0.465. The maximum Gasteiger partial charge on any atom is 0.266 e. The van der Waals surface area contributed by atoms with Crippen LogP contribution in [0, 0.1) is 11.3 Å². The molecule has 1 amide bonds. The van der Waals surface area contributed by atoms with E-state index in [0.29, 0.717) is 11.3 Å². The van der Waals surface area contributed by atoms with E-state index in [1.807, 2.05) is 48.0 Å². The second-order valence-corrected chi connectivity index (χ2v) is 4.85. The Hall–Kier alpha value is -3.06. The second-order valence-electron chi connectivity index (χ2n) is 4.85. The molecule has 0 fully saturated rings. The van der Waals surface area contributed by atoms with Gasteiger partial charge in [-0.05, 0) is 23.8 Å². The third-order valence-electron chi connectivity index (χ3n) is 3.64. The zero-order valence-electron chi connectivity index (χ0n) is 11.5. The number of nitrogens with zero attached hydrogens (tertiary/aromatic N) is 2. The minimum absolute atomic E-state index is 0.465. The van der Waals surface area contributed by atoms with Crippen molar-refractivity contribution in [2.24, 2.45) is 12.8 Å². The standard InChI is InChI=1S/C17H13N3O/c1-20-14-5-3-2-4-13(14)15(16(20)17(19)21)12-8-6-11(10-18)7-9-12/h2-9H,1H3,(H2,19,21). The zero-order chi connectivity index (χ0) is 15.0. The monoisotopic (exact) mass is 275 g/mol. The first-order valence-electron chi connectivity index (χ1n) is 6.51. The molecule has 0 aliphatic carbocycles. The zero-order valence-corrected chi connectivity index (χ0v) is 11.5. The van der Waals surface area contributed by atoms with Crippen molar-refractivity contribution < 1.29 is 4.79 Å². The lowest BCUT2D eigenvalue weighted by molar-refractivity contribution is 0.0993. The minimum Gasteiger partial charge on any atom is -0.364 e. The Morgan fingerprint density at radius 2 is 1.81 bits per heavy atom. The fraction of sp³-hybridized carbons (Fsp3) is 0.0588. The summed E-state index contributed by atoms with van der Waals surface area (Å²) in [6, 6.07) is 17.0. The molecule has 0 aliphatic heterocycles. The number of carbonyl (C=O) groups excluding carboxylic acids is 1. The van der Waals surface area contributed by atoms with Gasteiger partial charge in [-0.2, -0.15) is 5.26 Å². The fourth-order valence-electron chi connectivity index (χ4n) is 2.69. The Labute approximate surface area is 122 Å². The van der Waals surface area contributed by atoms with Gasteiger partial charge in [0.05, 0.1) is 11.6 Å². The maximum absolute atomic E-state index is 11.9. The van der Waals surface area contributed by atoms with Crippen molar-refractivity contribution in [1.82, 2.24) is 4.57 Å². The highest BCUT2D eigenvalue weighted by atomic mass is 16.1. The van der Waals surface area contributed by atoms with E-state index in [9.17, 15) is 4.79 Å². The van der Waals surface area contributed by atoms with Crippen LogP contribution in [-0.4, -0.2) is 10.5 Å². The van der Waals surface area contributed by atoms with Gasteiger partial charge >= 0.3 is 0 Å². The van der Waals surface area contributed by atoms with Crippen molar-refractivity contribution in [1.29, 1.82) is 5.26 Å². The number of rotatable bonds is 2. The van der Waals surface area contributed by atoms with Crippen molar-refractivity contribution in [2.75, 3.05) is 0 Å². The number of fused-ring (bicyclic) bond motifs is 1. The number of benzene rings is 2. The first-order chi connectivity index (χ1) is 10.1. The van der Waals surface area contributed by atoms with Crippen molar-refractivity contribution in [3.8, 4) is 17.2 Å². The Morgan fingerprint density at radius 1 is 1.14 bits per heavy atom. The first kappa shape index (κ1) is 12.9. The molecule has 0 spiro atoms.